The molecule has 1 saturated carbocycles. The second-order valence-corrected chi connectivity index (χ2v) is 9.88. The molecule has 5 nitrogen and oxygen atoms in total. The summed E-state index contributed by atoms with van der Waals surface area (Å²) in [7, 11) is 0. The molecule has 0 bridgehead atoms. The van der Waals surface area contributed by atoms with Crippen molar-refractivity contribution in [2.45, 2.75) is 78.2 Å². The predicted octanol–water partition coefficient (Wildman–Crippen LogP) is 4.51. The number of hydrogen-bond acceptors (Lipinski definition) is 3. The normalized spacial score (nSPS) is 19.7. The third-order valence-corrected chi connectivity index (χ3v) is 7.45. The van der Waals surface area contributed by atoms with Crippen molar-refractivity contribution >= 4 is 11.8 Å². The van der Waals surface area contributed by atoms with Gasteiger partial charge in [-0.25, -0.2) is 0 Å². The number of nitrogens with zero attached hydrogens (tertiary/aromatic N) is 2. The zero-order chi connectivity index (χ0) is 22.9. The lowest BCUT2D eigenvalue weighted by atomic mass is 9.94. The van der Waals surface area contributed by atoms with Crippen LogP contribution in [0.5, 0.6) is 0 Å². The number of carbonyl (C=O) groups is 2. The average Bonchev–Trinajstić information content (AvgIpc) is 3.36. The fourth-order valence-electron chi connectivity index (χ4n) is 5.06. The Labute approximate surface area is 194 Å². The molecule has 3 rings (SSSR count). The molecule has 32 heavy (non-hydrogen) atoms. The molecule has 1 aliphatic heterocycles. The molecule has 1 aromatic carbocycles. The van der Waals surface area contributed by atoms with Crippen molar-refractivity contribution in [2.24, 2.45) is 11.8 Å². The number of hydrogen-bond donors (Lipinski definition) is 1. The zero-order valence-corrected chi connectivity index (χ0v) is 20.4. The van der Waals surface area contributed by atoms with Crippen molar-refractivity contribution in [3.05, 3.63) is 35.4 Å². The number of carbonyl (C=O) groups excluding carboxylic acids is 2. The Bertz CT molecular complexity index is 719. The van der Waals surface area contributed by atoms with Crippen LogP contribution >= 0.6 is 0 Å². The average molecular weight is 442 g/mol. The van der Waals surface area contributed by atoms with E-state index in [1.54, 1.807) is 0 Å². The maximum absolute atomic E-state index is 13.2. The Kier molecular flexibility index (Phi) is 9.58. The highest BCUT2D eigenvalue weighted by Crippen LogP contribution is 2.31. The third-order valence-electron chi connectivity index (χ3n) is 7.45. The molecule has 1 saturated heterocycles. The zero-order valence-electron chi connectivity index (χ0n) is 20.4. The summed E-state index contributed by atoms with van der Waals surface area (Å²) in [6.07, 6.45) is 9.26. The summed E-state index contributed by atoms with van der Waals surface area (Å²) in [5.41, 5.74) is 2.08. The highest BCUT2D eigenvalue weighted by molar-refractivity contribution is 5.94. The summed E-state index contributed by atoms with van der Waals surface area (Å²) in [5.74, 6) is 1.26. The molecule has 0 unspecified atom stereocenters. The smallest absolute Gasteiger partial charge is 0.253 e. The fourth-order valence-corrected chi connectivity index (χ4v) is 5.06. The van der Waals surface area contributed by atoms with Gasteiger partial charge < -0.3 is 10.2 Å². The van der Waals surface area contributed by atoms with Gasteiger partial charge in [-0.1, -0.05) is 58.6 Å². The van der Waals surface area contributed by atoms with Crippen LogP contribution in [0.15, 0.2) is 24.3 Å². The number of benzene rings is 1. The van der Waals surface area contributed by atoms with Crippen LogP contribution in [0.2, 0.25) is 0 Å². The molecule has 1 heterocycles. The minimum absolute atomic E-state index is 0.0448. The number of nitrogens with one attached hydrogen (secondary N) is 1. The van der Waals surface area contributed by atoms with E-state index < -0.39 is 0 Å². The van der Waals surface area contributed by atoms with Gasteiger partial charge in [0, 0.05) is 38.3 Å². The maximum Gasteiger partial charge on any atom is 0.253 e. The summed E-state index contributed by atoms with van der Waals surface area (Å²) in [4.78, 5) is 30.5. The van der Waals surface area contributed by atoms with Crippen molar-refractivity contribution in [1.29, 1.82) is 0 Å². The second-order valence-electron chi connectivity index (χ2n) is 9.88. The van der Waals surface area contributed by atoms with Gasteiger partial charge in [-0.2, -0.15) is 0 Å². The lowest BCUT2D eigenvalue weighted by Crippen LogP contribution is -2.58. The molecule has 178 valence electrons. The largest absolute Gasteiger partial charge is 0.354 e. The van der Waals surface area contributed by atoms with Crippen molar-refractivity contribution in [3.63, 3.8) is 0 Å². The van der Waals surface area contributed by atoms with Gasteiger partial charge in [0.2, 0.25) is 5.91 Å². The van der Waals surface area contributed by atoms with E-state index in [1.807, 2.05) is 17.0 Å². The van der Waals surface area contributed by atoms with Gasteiger partial charge in [-0.05, 0) is 55.2 Å². The summed E-state index contributed by atoms with van der Waals surface area (Å²) in [6.45, 7) is 10.2. The van der Waals surface area contributed by atoms with E-state index in [2.05, 4.69) is 43.1 Å². The van der Waals surface area contributed by atoms with E-state index in [4.69, 9.17) is 0 Å². The van der Waals surface area contributed by atoms with E-state index in [1.165, 1.54) is 31.2 Å². The fraction of sp³-hybridized carbons (Fsp3) is 0.704. The Balaban J connectivity index is 1.57. The first kappa shape index (κ1) is 24.8. The van der Waals surface area contributed by atoms with Gasteiger partial charge in [0.1, 0.15) is 0 Å². The molecule has 1 aliphatic carbocycles. The van der Waals surface area contributed by atoms with Crippen LogP contribution in [0.1, 0.15) is 81.6 Å². The number of unbranched alkanes of at least 4 members (excludes halogenated alkanes) is 1. The maximum atomic E-state index is 13.2. The molecule has 5 heteroatoms. The summed E-state index contributed by atoms with van der Waals surface area (Å²) in [5, 5.41) is 3.23. The summed E-state index contributed by atoms with van der Waals surface area (Å²) >= 11 is 0. The van der Waals surface area contributed by atoms with E-state index in [0.29, 0.717) is 24.9 Å². The SMILES string of the molecule is CCCCc1ccc(C(=O)N2CCN([C@H](C(=O)NC[C@@H](C)CC)C3CCCC3)CC2)cc1. The minimum Gasteiger partial charge on any atom is -0.354 e. The lowest BCUT2D eigenvalue weighted by Gasteiger charge is -2.41. The predicted molar refractivity (Wildman–Crippen MR) is 131 cm³/mol. The van der Waals surface area contributed by atoms with Crippen molar-refractivity contribution < 1.29 is 9.59 Å². The number of rotatable bonds is 10. The molecule has 1 N–H and O–H groups in total. The van der Waals surface area contributed by atoms with Crippen LogP contribution < -0.4 is 5.32 Å². The van der Waals surface area contributed by atoms with Crippen molar-refractivity contribution in [3.8, 4) is 0 Å². The van der Waals surface area contributed by atoms with Gasteiger partial charge in [0.05, 0.1) is 6.04 Å². The van der Waals surface area contributed by atoms with Crippen LogP contribution in [0, 0.1) is 11.8 Å². The number of aryl methyl sites for hydroxylation is 1. The first-order valence-corrected chi connectivity index (χ1v) is 12.9. The topological polar surface area (TPSA) is 52.7 Å². The highest BCUT2D eigenvalue weighted by Gasteiger charge is 2.37. The van der Waals surface area contributed by atoms with Crippen molar-refractivity contribution in [2.75, 3.05) is 32.7 Å². The van der Waals surface area contributed by atoms with Crippen molar-refractivity contribution in [1.82, 2.24) is 15.1 Å². The first-order chi connectivity index (χ1) is 15.5. The Morgan fingerprint density at radius 2 is 1.69 bits per heavy atom. The molecule has 2 atom stereocenters. The molecule has 0 aromatic heterocycles. The second kappa shape index (κ2) is 12.4. The number of amides is 2. The molecule has 2 fully saturated rings. The Morgan fingerprint density at radius 1 is 1.03 bits per heavy atom. The van der Waals surface area contributed by atoms with Crippen LogP contribution in [0.3, 0.4) is 0 Å². The van der Waals surface area contributed by atoms with Gasteiger partial charge in [0.25, 0.3) is 5.91 Å². The van der Waals surface area contributed by atoms with Crippen LogP contribution in [0.4, 0.5) is 0 Å². The molecule has 2 aliphatic rings. The van der Waals surface area contributed by atoms with E-state index in [-0.39, 0.29) is 17.9 Å². The van der Waals surface area contributed by atoms with Gasteiger partial charge in [-0.15, -0.1) is 0 Å². The summed E-state index contributed by atoms with van der Waals surface area (Å²) < 4.78 is 0. The molecule has 2 amide bonds. The highest BCUT2D eigenvalue weighted by atomic mass is 16.2. The van der Waals surface area contributed by atoms with Gasteiger partial charge >= 0.3 is 0 Å². The molecular formula is C27H43N3O2. The third kappa shape index (κ3) is 6.57. The summed E-state index contributed by atoms with van der Waals surface area (Å²) in [6, 6.07) is 8.09. The lowest BCUT2D eigenvalue weighted by molar-refractivity contribution is -0.129. The van der Waals surface area contributed by atoms with Crippen LogP contribution in [0.25, 0.3) is 0 Å². The first-order valence-electron chi connectivity index (χ1n) is 12.9. The number of piperazine rings is 1. The Hall–Kier alpha value is -1.88. The Morgan fingerprint density at radius 3 is 2.28 bits per heavy atom. The standard InChI is InChI=1S/C27H43N3O2/c1-4-6-9-22-12-14-24(15-13-22)27(32)30-18-16-29(17-19-30)25(23-10-7-8-11-23)26(31)28-20-21(3)5-2/h12-15,21,23,25H,4-11,16-20H2,1-3H3,(H,28,31)/t21-,25-/m0/s1. The monoisotopic (exact) mass is 441 g/mol. The van der Waals surface area contributed by atoms with Crippen LogP contribution in [-0.2, 0) is 11.2 Å². The van der Waals surface area contributed by atoms with E-state index >= 15 is 0 Å². The molecular weight excluding hydrogens is 398 g/mol. The van der Waals surface area contributed by atoms with Gasteiger partial charge in [0.15, 0.2) is 0 Å². The molecule has 0 spiro atoms. The van der Waals surface area contributed by atoms with Crippen LogP contribution in [-0.4, -0.2) is 60.4 Å². The minimum atomic E-state index is -0.0448. The van der Waals surface area contributed by atoms with Gasteiger partial charge in [-0.3, -0.25) is 14.5 Å². The van der Waals surface area contributed by atoms with E-state index in [9.17, 15) is 9.59 Å². The molecule has 1 aromatic rings. The van der Waals surface area contributed by atoms with E-state index in [0.717, 1.165) is 50.9 Å². The quantitative estimate of drug-likeness (QED) is 0.581. The molecule has 0 radical (unpaired) electrons.